The molecule has 1 aromatic rings. The van der Waals surface area contributed by atoms with Gasteiger partial charge >= 0.3 is 0 Å². The van der Waals surface area contributed by atoms with E-state index in [4.69, 9.17) is 0 Å². The van der Waals surface area contributed by atoms with Crippen LogP contribution in [-0.4, -0.2) is 45.0 Å². The Labute approximate surface area is 120 Å². The van der Waals surface area contributed by atoms with E-state index >= 15 is 0 Å². The van der Waals surface area contributed by atoms with Gasteiger partial charge in [0, 0.05) is 25.7 Å². The van der Waals surface area contributed by atoms with E-state index in [0.717, 1.165) is 38.7 Å². The molecule has 0 bridgehead atoms. The van der Waals surface area contributed by atoms with Gasteiger partial charge in [-0.05, 0) is 18.4 Å². The number of nitrogens with one attached hydrogen (secondary N) is 1. The molecule has 1 aromatic carbocycles. The fourth-order valence-corrected chi connectivity index (χ4v) is 2.58. The number of hydrogen-bond donors (Lipinski definition) is 1. The Kier molecular flexibility index (Phi) is 5.14. The van der Waals surface area contributed by atoms with Crippen molar-refractivity contribution in [1.29, 1.82) is 0 Å². The topological polar surface area (TPSA) is 61.8 Å². The van der Waals surface area contributed by atoms with E-state index in [0.29, 0.717) is 6.04 Å². The lowest BCUT2D eigenvalue weighted by Crippen LogP contribution is -2.41. The van der Waals surface area contributed by atoms with Crippen LogP contribution in [0.3, 0.4) is 0 Å². The third-order valence-corrected chi connectivity index (χ3v) is 3.88. The highest BCUT2D eigenvalue weighted by molar-refractivity contribution is 7.89. The molecule has 0 aromatic heterocycles. The second-order valence-corrected chi connectivity index (χ2v) is 6.85. The summed E-state index contributed by atoms with van der Waals surface area (Å²) < 4.78 is 25.2. The van der Waals surface area contributed by atoms with Gasteiger partial charge < -0.3 is 5.32 Å². The molecule has 0 spiro atoms. The first-order valence-electron chi connectivity index (χ1n) is 6.79. The SMILES string of the molecule is CS(=O)(=O)N=CNC1CCN(Cc2ccccc2)CC1. The minimum atomic E-state index is -3.28. The highest BCUT2D eigenvalue weighted by Crippen LogP contribution is 2.13. The first-order valence-corrected chi connectivity index (χ1v) is 8.64. The average molecular weight is 295 g/mol. The van der Waals surface area contributed by atoms with Gasteiger partial charge in [0.25, 0.3) is 10.0 Å². The number of nitrogens with zero attached hydrogens (tertiary/aromatic N) is 2. The Morgan fingerprint density at radius 1 is 1.30 bits per heavy atom. The molecule has 20 heavy (non-hydrogen) atoms. The fraction of sp³-hybridized carbons (Fsp3) is 0.500. The second kappa shape index (κ2) is 6.85. The standard InChI is InChI=1S/C14H21N3O2S/c1-20(18,19)16-12-15-14-7-9-17(10-8-14)11-13-5-3-2-4-6-13/h2-6,12,14H,7-11H2,1H3,(H,15,16). The number of hydrogen-bond acceptors (Lipinski definition) is 3. The molecule has 5 nitrogen and oxygen atoms in total. The minimum Gasteiger partial charge on any atom is -0.373 e. The van der Waals surface area contributed by atoms with E-state index in [-0.39, 0.29) is 0 Å². The summed E-state index contributed by atoms with van der Waals surface area (Å²) in [7, 11) is -3.28. The number of benzene rings is 1. The van der Waals surface area contributed by atoms with Crippen LogP contribution in [0.15, 0.2) is 34.7 Å². The Bertz CT molecular complexity index is 535. The summed E-state index contributed by atoms with van der Waals surface area (Å²) in [4.78, 5) is 2.42. The van der Waals surface area contributed by atoms with Crippen molar-refractivity contribution in [2.75, 3.05) is 19.3 Å². The highest BCUT2D eigenvalue weighted by atomic mass is 32.2. The van der Waals surface area contributed by atoms with E-state index in [2.05, 4.69) is 38.9 Å². The molecule has 0 aliphatic carbocycles. The highest BCUT2D eigenvalue weighted by Gasteiger charge is 2.18. The molecule has 1 heterocycles. The minimum absolute atomic E-state index is 0.313. The van der Waals surface area contributed by atoms with E-state index in [9.17, 15) is 8.42 Å². The second-order valence-electron chi connectivity index (χ2n) is 5.17. The van der Waals surface area contributed by atoms with Crippen molar-refractivity contribution in [1.82, 2.24) is 10.2 Å². The Hall–Kier alpha value is -1.40. The van der Waals surface area contributed by atoms with Crippen molar-refractivity contribution >= 4 is 16.4 Å². The lowest BCUT2D eigenvalue weighted by atomic mass is 10.0. The first kappa shape index (κ1) is 15.0. The Morgan fingerprint density at radius 2 is 1.95 bits per heavy atom. The van der Waals surface area contributed by atoms with Crippen molar-refractivity contribution in [3.63, 3.8) is 0 Å². The third-order valence-electron chi connectivity index (χ3n) is 3.39. The van der Waals surface area contributed by atoms with Crippen LogP contribution in [0.1, 0.15) is 18.4 Å². The van der Waals surface area contributed by atoms with Gasteiger partial charge in [-0.25, -0.2) is 8.42 Å². The quantitative estimate of drug-likeness (QED) is 0.655. The van der Waals surface area contributed by atoms with Crippen LogP contribution in [0.2, 0.25) is 0 Å². The molecule has 0 saturated carbocycles. The summed E-state index contributed by atoms with van der Waals surface area (Å²) in [6.07, 6.45) is 4.41. The van der Waals surface area contributed by atoms with Crippen LogP contribution >= 0.6 is 0 Å². The molecule has 1 saturated heterocycles. The van der Waals surface area contributed by atoms with Gasteiger partial charge in [-0.2, -0.15) is 4.40 Å². The number of rotatable bonds is 5. The van der Waals surface area contributed by atoms with Gasteiger partial charge in [-0.1, -0.05) is 30.3 Å². The lowest BCUT2D eigenvalue weighted by Gasteiger charge is -2.31. The molecule has 6 heteroatoms. The lowest BCUT2D eigenvalue weighted by molar-refractivity contribution is 0.199. The summed E-state index contributed by atoms with van der Waals surface area (Å²) >= 11 is 0. The van der Waals surface area contributed by atoms with Gasteiger partial charge in [0.05, 0.1) is 6.26 Å². The maximum absolute atomic E-state index is 10.9. The van der Waals surface area contributed by atoms with E-state index < -0.39 is 10.0 Å². The molecule has 0 amide bonds. The van der Waals surface area contributed by atoms with Crippen LogP contribution in [0.5, 0.6) is 0 Å². The van der Waals surface area contributed by atoms with Gasteiger partial charge in [0.2, 0.25) is 0 Å². The number of piperidine rings is 1. The molecule has 110 valence electrons. The van der Waals surface area contributed by atoms with Crippen molar-refractivity contribution in [2.45, 2.75) is 25.4 Å². The van der Waals surface area contributed by atoms with E-state index in [1.54, 1.807) is 0 Å². The molecule has 1 fully saturated rings. The molecular weight excluding hydrogens is 274 g/mol. The van der Waals surface area contributed by atoms with Crippen LogP contribution < -0.4 is 5.32 Å². The Morgan fingerprint density at radius 3 is 2.55 bits per heavy atom. The van der Waals surface area contributed by atoms with Crippen molar-refractivity contribution in [3.8, 4) is 0 Å². The predicted molar refractivity (Wildman–Crippen MR) is 81.2 cm³/mol. The summed E-state index contributed by atoms with van der Waals surface area (Å²) in [5.74, 6) is 0. The first-order chi connectivity index (χ1) is 9.53. The number of likely N-dealkylation sites (tertiary alicyclic amines) is 1. The zero-order chi connectivity index (χ0) is 14.4. The zero-order valence-corrected chi connectivity index (χ0v) is 12.5. The monoisotopic (exact) mass is 295 g/mol. The van der Waals surface area contributed by atoms with Crippen molar-refractivity contribution in [3.05, 3.63) is 35.9 Å². The largest absolute Gasteiger partial charge is 0.373 e. The summed E-state index contributed by atoms with van der Waals surface area (Å²) in [6, 6.07) is 10.7. The van der Waals surface area contributed by atoms with Crippen LogP contribution in [0.4, 0.5) is 0 Å². The van der Waals surface area contributed by atoms with E-state index in [1.165, 1.54) is 11.9 Å². The summed E-state index contributed by atoms with van der Waals surface area (Å²) in [5.41, 5.74) is 1.33. The van der Waals surface area contributed by atoms with Crippen molar-refractivity contribution in [2.24, 2.45) is 4.40 Å². The van der Waals surface area contributed by atoms with Gasteiger partial charge in [0.15, 0.2) is 0 Å². The molecule has 0 unspecified atom stereocenters. The fourth-order valence-electron chi connectivity index (χ4n) is 2.33. The smallest absolute Gasteiger partial charge is 0.251 e. The molecule has 0 atom stereocenters. The predicted octanol–water partition coefficient (Wildman–Crippen LogP) is 1.23. The maximum Gasteiger partial charge on any atom is 0.251 e. The van der Waals surface area contributed by atoms with Crippen molar-refractivity contribution < 1.29 is 8.42 Å². The molecule has 0 radical (unpaired) electrons. The zero-order valence-electron chi connectivity index (χ0n) is 11.7. The van der Waals surface area contributed by atoms with Gasteiger partial charge in [0.1, 0.15) is 6.34 Å². The van der Waals surface area contributed by atoms with Gasteiger partial charge in [-0.3, -0.25) is 4.90 Å². The number of sulfonamides is 1. The average Bonchev–Trinajstić information content (AvgIpc) is 2.41. The maximum atomic E-state index is 10.9. The van der Waals surface area contributed by atoms with Crippen LogP contribution in [-0.2, 0) is 16.6 Å². The van der Waals surface area contributed by atoms with Crippen LogP contribution in [0.25, 0.3) is 0 Å². The van der Waals surface area contributed by atoms with E-state index in [1.807, 2.05) is 6.07 Å². The summed E-state index contributed by atoms with van der Waals surface area (Å²) in [6.45, 7) is 3.00. The molecule has 1 aliphatic heterocycles. The molecule has 1 N–H and O–H groups in total. The van der Waals surface area contributed by atoms with Crippen LogP contribution in [0, 0.1) is 0 Å². The normalized spacial score (nSPS) is 18.4. The third kappa shape index (κ3) is 5.30. The Balaban J connectivity index is 1.74. The molecule has 2 rings (SSSR count). The summed E-state index contributed by atoms with van der Waals surface area (Å²) in [5, 5.41) is 3.07. The molecule has 1 aliphatic rings. The van der Waals surface area contributed by atoms with Gasteiger partial charge in [-0.15, -0.1) is 0 Å². The molecular formula is C14H21N3O2S.